The molecule has 0 amide bonds. The fourth-order valence-electron chi connectivity index (χ4n) is 1.04. The number of hydrogen-bond acceptors (Lipinski definition) is 5. The maximum Gasteiger partial charge on any atom is 0.144 e. The van der Waals surface area contributed by atoms with Crippen molar-refractivity contribution in [2.45, 2.75) is 13.8 Å². The molecule has 2 N–H and O–H groups in total. The molecule has 0 aliphatic rings. The van der Waals surface area contributed by atoms with Crippen LogP contribution in [0.1, 0.15) is 11.4 Å². The van der Waals surface area contributed by atoms with Crippen LogP contribution in [-0.2, 0) is 4.74 Å². The number of ether oxygens (including phenoxy) is 1. The van der Waals surface area contributed by atoms with Gasteiger partial charge in [0.25, 0.3) is 0 Å². The van der Waals surface area contributed by atoms with Crippen LogP contribution in [0.25, 0.3) is 0 Å². The van der Waals surface area contributed by atoms with E-state index in [1.807, 2.05) is 13.8 Å². The van der Waals surface area contributed by atoms with Crippen LogP contribution in [0.2, 0.25) is 0 Å². The first-order chi connectivity index (χ1) is 7.24. The van der Waals surface area contributed by atoms with E-state index in [2.05, 4.69) is 15.3 Å². The van der Waals surface area contributed by atoms with E-state index < -0.39 is 0 Å². The van der Waals surface area contributed by atoms with Gasteiger partial charge < -0.3 is 15.2 Å². The topological polar surface area (TPSA) is 67.3 Å². The third-order valence-corrected chi connectivity index (χ3v) is 1.98. The number of rotatable bonds is 6. The minimum atomic E-state index is 0.0590. The third-order valence-electron chi connectivity index (χ3n) is 1.98. The molecular formula is C10H17N3O2. The van der Waals surface area contributed by atoms with Crippen molar-refractivity contribution in [3.05, 3.63) is 17.6 Å². The summed E-state index contributed by atoms with van der Waals surface area (Å²) in [6, 6.07) is 0. The van der Waals surface area contributed by atoms with Gasteiger partial charge in [-0.25, -0.2) is 4.98 Å². The number of hydrogen-bond donors (Lipinski definition) is 2. The predicted molar refractivity (Wildman–Crippen MR) is 57.9 cm³/mol. The summed E-state index contributed by atoms with van der Waals surface area (Å²) in [5, 5.41) is 11.6. The Balaban J connectivity index is 2.28. The highest BCUT2D eigenvalue weighted by Gasteiger charge is 1.98. The molecule has 0 aliphatic heterocycles. The lowest BCUT2D eigenvalue weighted by Gasteiger charge is -2.07. The molecule has 0 aliphatic carbocycles. The Bertz CT molecular complexity index is 305. The van der Waals surface area contributed by atoms with Gasteiger partial charge in [-0.3, -0.25) is 4.98 Å². The molecule has 84 valence electrons. The number of aliphatic hydroxyl groups is 1. The molecule has 0 unspecified atom stereocenters. The Morgan fingerprint density at radius 2 is 2.13 bits per heavy atom. The van der Waals surface area contributed by atoms with Crippen molar-refractivity contribution >= 4 is 5.82 Å². The summed E-state index contributed by atoms with van der Waals surface area (Å²) in [5.74, 6) is 0.755. The molecule has 0 aromatic carbocycles. The smallest absolute Gasteiger partial charge is 0.144 e. The average molecular weight is 211 g/mol. The monoisotopic (exact) mass is 211 g/mol. The molecule has 0 spiro atoms. The molecule has 0 saturated heterocycles. The fourth-order valence-corrected chi connectivity index (χ4v) is 1.04. The summed E-state index contributed by atoms with van der Waals surface area (Å²) < 4.78 is 5.10. The molecule has 0 bridgehead atoms. The van der Waals surface area contributed by atoms with Gasteiger partial charge in [0.15, 0.2) is 0 Å². The molecule has 1 aromatic rings. The summed E-state index contributed by atoms with van der Waals surface area (Å²) in [5.41, 5.74) is 1.87. The van der Waals surface area contributed by atoms with Gasteiger partial charge in [-0.2, -0.15) is 0 Å². The molecule has 1 aromatic heterocycles. The molecular weight excluding hydrogens is 194 g/mol. The molecule has 0 atom stereocenters. The summed E-state index contributed by atoms with van der Waals surface area (Å²) in [7, 11) is 0. The second kappa shape index (κ2) is 6.31. The Kier molecular flexibility index (Phi) is 5.00. The number of nitrogens with one attached hydrogen (secondary N) is 1. The van der Waals surface area contributed by atoms with E-state index in [1.165, 1.54) is 0 Å². The zero-order chi connectivity index (χ0) is 11.1. The van der Waals surface area contributed by atoms with Crippen molar-refractivity contribution < 1.29 is 9.84 Å². The lowest BCUT2D eigenvalue weighted by Crippen LogP contribution is -2.12. The summed E-state index contributed by atoms with van der Waals surface area (Å²) in [4.78, 5) is 8.50. The van der Waals surface area contributed by atoms with Gasteiger partial charge in [0.1, 0.15) is 5.82 Å². The Morgan fingerprint density at radius 1 is 1.33 bits per heavy atom. The molecule has 5 heteroatoms. The molecule has 0 fully saturated rings. The van der Waals surface area contributed by atoms with Crippen molar-refractivity contribution in [3.8, 4) is 0 Å². The SMILES string of the molecule is Cc1ncc(NCCOCCO)nc1C. The van der Waals surface area contributed by atoms with Crippen molar-refractivity contribution in [1.29, 1.82) is 0 Å². The average Bonchev–Trinajstić information content (AvgIpc) is 2.23. The van der Waals surface area contributed by atoms with E-state index in [-0.39, 0.29) is 6.61 Å². The highest BCUT2D eigenvalue weighted by molar-refractivity contribution is 5.33. The fraction of sp³-hybridized carbons (Fsp3) is 0.600. The van der Waals surface area contributed by atoms with Gasteiger partial charge in [0.05, 0.1) is 37.4 Å². The van der Waals surface area contributed by atoms with E-state index in [9.17, 15) is 0 Å². The molecule has 0 saturated carbocycles. The lowest BCUT2D eigenvalue weighted by molar-refractivity contribution is 0.0992. The van der Waals surface area contributed by atoms with Crippen LogP contribution in [0.3, 0.4) is 0 Å². The third kappa shape index (κ3) is 4.22. The van der Waals surface area contributed by atoms with Crippen molar-refractivity contribution in [2.75, 3.05) is 31.7 Å². The van der Waals surface area contributed by atoms with Crippen LogP contribution < -0.4 is 5.32 Å². The van der Waals surface area contributed by atoms with Crippen LogP contribution >= 0.6 is 0 Å². The standard InChI is InChI=1S/C10H17N3O2/c1-8-9(2)13-10(7-12-8)11-3-5-15-6-4-14/h7,14H,3-6H2,1-2H3,(H,11,13). The lowest BCUT2D eigenvalue weighted by atomic mass is 10.3. The first-order valence-electron chi connectivity index (χ1n) is 4.96. The van der Waals surface area contributed by atoms with Crippen molar-refractivity contribution in [2.24, 2.45) is 0 Å². The number of nitrogens with zero attached hydrogens (tertiary/aromatic N) is 2. The summed E-state index contributed by atoms with van der Waals surface area (Å²) in [6.07, 6.45) is 1.70. The Labute approximate surface area is 89.5 Å². The first-order valence-corrected chi connectivity index (χ1v) is 4.96. The van der Waals surface area contributed by atoms with Crippen molar-refractivity contribution in [3.63, 3.8) is 0 Å². The second-order valence-corrected chi connectivity index (χ2v) is 3.19. The normalized spacial score (nSPS) is 10.3. The number of aromatic nitrogens is 2. The molecule has 5 nitrogen and oxygen atoms in total. The molecule has 0 radical (unpaired) electrons. The van der Waals surface area contributed by atoms with E-state index in [1.54, 1.807) is 6.20 Å². The van der Waals surface area contributed by atoms with Crippen LogP contribution in [0.15, 0.2) is 6.20 Å². The van der Waals surface area contributed by atoms with E-state index in [0.717, 1.165) is 17.2 Å². The minimum absolute atomic E-state index is 0.0590. The Morgan fingerprint density at radius 3 is 2.80 bits per heavy atom. The summed E-state index contributed by atoms with van der Waals surface area (Å²) >= 11 is 0. The quantitative estimate of drug-likeness (QED) is 0.671. The van der Waals surface area contributed by atoms with Gasteiger partial charge in [-0.1, -0.05) is 0 Å². The summed E-state index contributed by atoms with van der Waals surface area (Å²) in [6.45, 7) is 5.50. The van der Waals surface area contributed by atoms with Crippen LogP contribution in [0.5, 0.6) is 0 Å². The van der Waals surface area contributed by atoms with E-state index in [0.29, 0.717) is 19.8 Å². The molecule has 15 heavy (non-hydrogen) atoms. The van der Waals surface area contributed by atoms with Crippen LogP contribution in [0.4, 0.5) is 5.82 Å². The maximum absolute atomic E-state index is 8.48. The van der Waals surface area contributed by atoms with Gasteiger partial charge in [0.2, 0.25) is 0 Å². The molecule has 1 rings (SSSR count). The van der Waals surface area contributed by atoms with Crippen LogP contribution in [0, 0.1) is 13.8 Å². The highest BCUT2D eigenvalue weighted by Crippen LogP contribution is 2.04. The van der Waals surface area contributed by atoms with E-state index >= 15 is 0 Å². The molecule has 1 heterocycles. The van der Waals surface area contributed by atoms with Gasteiger partial charge in [-0.15, -0.1) is 0 Å². The number of aliphatic hydroxyl groups excluding tert-OH is 1. The van der Waals surface area contributed by atoms with Gasteiger partial charge in [0, 0.05) is 6.54 Å². The number of aryl methyl sites for hydroxylation is 2. The van der Waals surface area contributed by atoms with Crippen molar-refractivity contribution in [1.82, 2.24) is 9.97 Å². The largest absolute Gasteiger partial charge is 0.394 e. The number of anilines is 1. The van der Waals surface area contributed by atoms with Gasteiger partial charge >= 0.3 is 0 Å². The highest BCUT2D eigenvalue weighted by atomic mass is 16.5. The second-order valence-electron chi connectivity index (χ2n) is 3.19. The van der Waals surface area contributed by atoms with E-state index in [4.69, 9.17) is 9.84 Å². The van der Waals surface area contributed by atoms with Gasteiger partial charge in [-0.05, 0) is 13.8 Å². The Hall–Kier alpha value is -1.20. The zero-order valence-corrected chi connectivity index (χ0v) is 9.16. The maximum atomic E-state index is 8.48. The first kappa shape index (κ1) is 11.9. The minimum Gasteiger partial charge on any atom is -0.394 e. The van der Waals surface area contributed by atoms with Crippen LogP contribution in [-0.4, -0.2) is 41.4 Å². The predicted octanol–water partition coefficient (Wildman–Crippen LogP) is 0.514. The zero-order valence-electron chi connectivity index (χ0n) is 9.16.